The van der Waals surface area contributed by atoms with E-state index in [-0.39, 0.29) is 0 Å². The molecule has 1 fully saturated rings. The molecule has 0 aliphatic carbocycles. The van der Waals surface area contributed by atoms with Crippen LogP contribution in [0.15, 0.2) is 16.9 Å². The van der Waals surface area contributed by atoms with Crippen LogP contribution in [-0.4, -0.2) is 28.9 Å². The predicted molar refractivity (Wildman–Crippen MR) is 65.4 cm³/mol. The van der Waals surface area contributed by atoms with Crippen molar-refractivity contribution in [2.45, 2.75) is 31.8 Å². The van der Waals surface area contributed by atoms with E-state index < -0.39 is 5.60 Å². The van der Waals surface area contributed by atoms with Gasteiger partial charge >= 0.3 is 0 Å². The highest BCUT2D eigenvalue weighted by molar-refractivity contribution is 9.10. The number of aliphatic hydroxyl groups is 1. The molecule has 0 unspecified atom stereocenters. The number of pyridine rings is 1. The second-order valence-corrected chi connectivity index (χ2v) is 5.27. The van der Waals surface area contributed by atoms with Crippen molar-refractivity contribution < 1.29 is 9.84 Å². The van der Waals surface area contributed by atoms with Crippen LogP contribution in [0.2, 0.25) is 0 Å². The van der Waals surface area contributed by atoms with Gasteiger partial charge in [-0.2, -0.15) is 0 Å². The van der Waals surface area contributed by atoms with Gasteiger partial charge in [-0.3, -0.25) is 4.98 Å². The minimum atomic E-state index is -0.620. The fourth-order valence-electron chi connectivity index (χ4n) is 2.00. The first-order chi connectivity index (χ1) is 7.61. The summed E-state index contributed by atoms with van der Waals surface area (Å²) in [7, 11) is 0. The van der Waals surface area contributed by atoms with Crippen molar-refractivity contribution >= 4 is 15.9 Å². The molecule has 0 spiro atoms. The van der Waals surface area contributed by atoms with E-state index in [2.05, 4.69) is 20.9 Å². The molecule has 16 heavy (non-hydrogen) atoms. The Morgan fingerprint density at radius 3 is 2.81 bits per heavy atom. The SMILES string of the molecule is Cc1c(Br)cncc1CC1(O)CCOCC1. The maximum absolute atomic E-state index is 10.4. The average Bonchev–Trinajstić information content (AvgIpc) is 2.26. The zero-order chi connectivity index (χ0) is 11.6. The van der Waals surface area contributed by atoms with Gasteiger partial charge in [-0.25, -0.2) is 0 Å². The van der Waals surface area contributed by atoms with E-state index in [1.807, 2.05) is 13.1 Å². The molecule has 0 aromatic carbocycles. The molecule has 1 aliphatic rings. The van der Waals surface area contributed by atoms with Crippen molar-refractivity contribution in [3.63, 3.8) is 0 Å². The van der Waals surface area contributed by atoms with Gasteiger partial charge in [-0.05, 0) is 46.8 Å². The summed E-state index contributed by atoms with van der Waals surface area (Å²) in [5, 5.41) is 10.4. The zero-order valence-electron chi connectivity index (χ0n) is 9.37. The zero-order valence-corrected chi connectivity index (χ0v) is 11.0. The van der Waals surface area contributed by atoms with E-state index in [0.717, 1.165) is 15.6 Å². The van der Waals surface area contributed by atoms with E-state index in [1.54, 1.807) is 6.20 Å². The number of hydrogen-bond donors (Lipinski definition) is 1. The molecule has 0 bridgehead atoms. The topological polar surface area (TPSA) is 42.4 Å². The normalized spacial score (nSPS) is 19.7. The van der Waals surface area contributed by atoms with Crippen LogP contribution in [0.5, 0.6) is 0 Å². The molecule has 0 saturated carbocycles. The Kier molecular flexibility index (Phi) is 3.62. The van der Waals surface area contributed by atoms with Gasteiger partial charge in [0.1, 0.15) is 0 Å². The van der Waals surface area contributed by atoms with Gasteiger partial charge in [0.2, 0.25) is 0 Å². The minimum Gasteiger partial charge on any atom is -0.389 e. The molecular weight excluding hydrogens is 270 g/mol. The first-order valence-corrected chi connectivity index (χ1v) is 6.29. The molecule has 0 atom stereocenters. The quantitative estimate of drug-likeness (QED) is 0.906. The summed E-state index contributed by atoms with van der Waals surface area (Å²) in [6.07, 6.45) is 5.70. The number of aromatic nitrogens is 1. The van der Waals surface area contributed by atoms with Crippen molar-refractivity contribution in [2.24, 2.45) is 0 Å². The summed E-state index contributed by atoms with van der Waals surface area (Å²) in [4.78, 5) is 4.15. The third-order valence-electron chi connectivity index (χ3n) is 3.20. The Labute approximate surface area is 104 Å². The third kappa shape index (κ3) is 2.62. The Hall–Kier alpha value is -0.450. The van der Waals surface area contributed by atoms with Crippen molar-refractivity contribution in [2.75, 3.05) is 13.2 Å². The second-order valence-electron chi connectivity index (χ2n) is 4.42. The highest BCUT2D eigenvalue weighted by atomic mass is 79.9. The van der Waals surface area contributed by atoms with Gasteiger partial charge in [0.05, 0.1) is 5.60 Å². The highest BCUT2D eigenvalue weighted by Gasteiger charge is 2.30. The fourth-order valence-corrected chi connectivity index (χ4v) is 2.37. The lowest BCUT2D eigenvalue weighted by Gasteiger charge is -2.32. The third-order valence-corrected chi connectivity index (χ3v) is 4.00. The van der Waals surface area contributed by atoms with Crippen molar-refractivity contribution in [3.8, 4) is 0 Å². The van der Waals surface area contributed by atoms with Crippen molar-refractivity contribution in [3.05, 3.63) is 28.0 Å². The predicted octanol–water partition coefficient (Wildman–Crippen LogP) is 2.24. The summed E-state index contributed by atoms with van der Waals surface area (Å²) in [5.74, 6) is 0. The second kappa shape index (κ2) is 4.82. The Morgan fingerprint density at radius 2 is 2.12 bits per heavy atom. The first kappa shape index (κ1) is 12.0. The molecule has 1 aromatic rings. The summed E-state index contributed by atoms with van der Waals surface area (Å²) in [6.45, 7) is 3.34. The molecular formula is C12H16BrNO2. The largest absolute Gasteiger partial charge is 0.389 e. The Morgan fingerprint density at radius 1 is 1.44 bits per heavy atom. The van der Waals surface area contributed by atoms with Gasteiger partial charge < -0.3 is 9.84 Å². The van der Waals surface area contributed by atoms with Gasteiger partial charge in [0.15, 0.2) is 0 Å². The molecule has 1 aromatic heterocycles. The monoisotopic (exact) mass is 285 g/mol. The van der Waals surface area contributed by atoms with Gasteiger partial charge in [-0.1, -0.05) is 0 Å². The van der Waals surface area contributed by atoms with Crippen molar-refractivity contribution in [1.82, 2.24) is 4.98 Å². The van der Waals surface area contributed by atoms with E-state index in [4.69, 9.17) is 4.74 Å². The van der Waals surface area contributed by atoms with E-state index in [1.165, 1.54) is 0 Å². The standard InChI is InChI=1S/C12H16BrNO2/c1-9-10(7-14-8-11(9)13)6-12(15)2-4-16-5-3-12/h7-8,15H,2-6H2,1H3. The van der Waals surface area contributed by atoms with Gasteiger partial charge in [0.25, 0.3) is 0 Å². The van der Waals surface area contributed by atoms with Crippen molar-refractivity contribution in [1.29, 1.82) is 0 Å². The summed E-state index contributed by atoms with van der Waals surface area (Å²) >= 11 is 3.46. The first-order valence-electron chi connectivity index (χ1n) is 5.50. The lowest BCUT2D eigenvalue weighted by Crippen LogP contribution is -2.38. The van der Waals surface area contributed by atoms with Gasteiger partial charge in [-0.15, -0.1) is 0 Å². The summed E-state index contributed by atoms with van der Waals surface area (Å²) < 4.78 is 6.27. The lowest BCUT2D eigenvalue weighted by molar-refractivity contribution is -0.0627. The van der Waals surface area contributed by atoms with Crippen LogP contribution < -0.4 is 0 Å². The van der Waals surface area contributed by atoms with Gasteiger partial charge in [0, 0.05) is 36.5 Å². The van der Waals surface area contributed by atoms with E-state index in [9.17, 15) is 5.11 Å². The molecule has 1 aliphatic heterocycles. The number of halogens is 1. The number of nitrogens with zero attached hydrogens (tertiary/aromatic N) is 1. The maximum atomic E-state index is 10.4. The van der Waals surface area contributed by atoms with Crippen LogP contribution in [0.4, 0.5) is 0 Å². The lowest BCUT2D eigenvalue weighted by atomic mass is 9.87. The molecule has 2 rings (SSSR count). The molecule has 2 heterocycles. The van der Waals surface area contributed by atoms with Crippen LogP contribution in [0.25, 0.3) is 0 Å². The number of rotatable bonds is 2. The smallest absolute Gasteiger partial charge is 0.0732 e. The van der Waals surface area contributed by atoms with Crippen LogP contribution in [0.3, 0.4) is 0 Å². The van der Waals surface area contributed by atoms with E-state index in [0.29, 0.717) is 32.5 Å². The van der Waals surface area contributed by atoms with Crippen LogP contribution in [0, 0.1) is 6.92 Å². The summed E-state index contributed by atoms with van der Waals surface area (Å²) in [5.41, 5.74) is 1.65. The molecule has 0 radical (unpaired) electrons. The highest BCUT2D eigenvalue weighted by Crippen LogP contribution is 2.28. The molecule has 4 heteroatoms. The fraction of sp³-hybridized carbons (Fsp3) is 0.583. The van der Waals surface area contributed by atoms with Crippen LogP contribution >= 0.6 is 15.9 Å². The van der Waals surface area contributed by atoms with E-state index >= 15 is 0 Å². The summed E-state index contributed by atoms with van der Waals surface area (Å²) in [6, 6.07) is 0. The Bertz CT molecular complexity index is 375. The number of ether oxygens (including phenoxy) is 1. The maximum Gasteiger partial charge on any atom is 0.0732 e. The minimum absolute atomic E-state index is 0.620. The molecule has 1 N–H and O–H groups in total. The van der Waals surface area contributed by atoms with Crippen LogP contribution in [0.1, 0.15) is 24.0 Å². The molecule has 1 saturated heterocycles. The number of hydrogen-bond acceptors (Lipinski definition) is 3. The van der Waals surface area contributed by atoms with Crippen LogP contribution in [-0.2, 0) is 11.2 Å². The molecule has 0 amide bonds. The molecule has 88 valence electrons. The molecule has 3 nitrogen and oxygen atoms in total. The average molecular weight is 286 g/mol. The Balaban J connectivity index is 2.16.